The fraction of sp³-hybridized carbons (Fsp3) is 0.208. The van der Waals surface area contributed by atoms with Gasteiger partial charge in [0.2, 0.25) is 0 Å². The highest BCUT2D eigenvalue weighted by Gasteiger charge is 2.05. The molecule has 0 fully saturated rings. The van der Waals surface area contributed by atoms with Crippen LogP contribution in [0.3, 0.4) is 0 Å². The SMILES string of the molecule is CCN(CC)c1ccc(NC(=O)Nc2ccc(OCc3ccccc3)cc2)cc1. The second kappa shape index (κ2) is 10.2. The molecule has 0 spiro atoms. The molecule has 0 aliphatic heterocycles. The summed E-state index contributed by atoms with van der Waals surface area (Å²) < 4.78 is 5.76. The van der Waals surface area contributed by atoms with Crippen molar-refractivity contribution in [1.29, 1.82) is 0 Å². The Morgan fingerprint density at radius 2 is 1.34 bits per heavy atom. The summed E-state index contributed by atoms with van der Waals surface area (Å²) in [6.07, 6.45) is 0. The van der Waals surface area contributed by atoms with E-state index in [9.17, 15) is 4.79 Å². The van der Waals surface area contributed by atoms with Crippen molar-refractivity contribution in [3.05, 3.63) is 84.4 Å². The molecule has 0 heterocycles. The van der Waals surface area contributed by atoms with Crippen LogP contribution < -0.4 is 20.3 Å². The standard InChI is InChI=1S/C24H27N3O2/c1-3-27(4-2)22-14-10-20(11-15-22)25-24(28)26-21-12-16-23(17-13-21)29-18-19-8-6-5-7-9-19/h5-17H,3-4,18H2,1-2H3,(H2,25,26,28). The molecular weight excluding hydrogens is 362 g/mol. The Morgan fingerprint density at radius 3 is 1.90 bits per heavy atom. The van der Waals surface area contributed by atoms with Gasteiger partial charge < -0.3 is 20.3 Å². The molecule has 0 unspecified atom stereocenters. The fourth-order valence-corrected chi connectivity index (χ4v) is 3.01. The van der Waals surface area contributed by atoms with Gasteiger partial charge in [-0.05, 0) is 67.9 Å². The highest BCUT2D eigenvalue weighted by molar-refractivity contribution is 5.99. The lowest BCUT2D eigenvalue weighted by Gasteiger charge is -2.21. The number of amides is 2. The van der Waals surface area contributed by atoms with Crippen LogP contribution in [0.1, 0.15) is 19.4 Å². The molecule has 3 rings (SSSR count). The van der Waals surface area contributed by atoms with Gasteiger partial charge in [0.1, 0.15) is 12.4 Å². The smallest absolute Gasteiger partial charge is 0.323 e. The summed E-state index contributed by atoms with van der Waals surface area (Å²) in [4.78, 5) is 14.5. The monoisotopic (exact) mass is 389 g/mol. The van der Waals surface area contributed by atoms with Gasteiger partial charge in [-0.3, -0.25) is 0 Å². The summed E-state index contributed by atoms with van der Waals surface area (Å²) in [7, 11) is 0. The molecule has 3 aromatic rings. The average Bonchev–Trinajstić information content (AvgIpc) is 2.76. The normalized spacial score (nSPS) is 10.3. The first kappa shape index (κ1) is 20.3. The van der Waals surface area contributed by atoms with Gasteiger partial charge in [-0.1, -0.05) is 30.3 Å². The molecule has 0 radical (unpaired) electrons. The molecular formula is C24H27N3O2. The molecule has 0 aliphatic carbocycles. The quantitative estimate of drug-likeness (QED) is 0.515. The zero-order valence-electron chi connectivity index (χ0n) is 16.9. The molecule has 0 bridgehead atoms. The second-order valence-electron chi connectivity index (χ2n) is 6.60. The van der Waals surface area contributed by atoms with E-state index in [0.29, 0.717) is 12.3 Å². The second-order valence-corrected chi connectivity index (χ2v) is 6.60. The van der Waals surface area contributed by atoms with Crippen LogP contribution in [0, 0.1) is 0 Å². The summed E-state index contributed by atoms with van der Waals surface area (Å²) in [6, 6.07) is 24.9. The van der Waals surface area contributed by atoms with Gasteiger partial charge >= 0.3 is 6.03 Å². The average molecular weight is 389 g/mol. The summed E-state index contributed by atoms with van der Waals surface area (Å²) in [6.45, 7) is 6.67. The van der Waals surface area contributed by atoms with E-state index in [1.807, 2.05) is 78.9 Å². The number of nitrogens with zero attached hydrogens (tertiary/aromatic N) is 1. The maximum Gasteiger partial charge on any atom is 0.323 e. The van der Waals surface area contributed by atoms with E-state index in [1.54, 1.807) is 0 Å². The fourth-order valence-electron chi connectivity index (χ4n) is 3.01. The number of anilines is 3. The van der Waals surface area contributed by atoms with Crippen LogP contribution in [0.15, 0.2) is 78.9 Å². The number of hydrogen-bond acceptors (Lipinski definition) is 3. The summed E-state index contributed by atoms with van der Waals surface area (Å²) >= 11 is 0. The Labute approximate surface area is 172 Å². The molecule has 0 atom stereocenters. The van der Waals surface area contributed by atoms with Crippen LogP contribution in [-0.4, -0.2) is 19.1 Å². The van der Waals surface area contributed by atoms with Gasteiger partial charge in [-0.25, -0.2) is 4.79 Å². The van der Waals surface area contributed by atoms with Gasteiger partial charge in [-0.2, -0.15) is 0 Å². The van der Waals surface area contributed by atoms with Gasteiger partial charge in [0, 0.05) is 30.2 Å². The third-order valence-corrected chi connectivity index (χ3v) is 4.61. The van der Waals surface area contributed by atoms with Gasteiger partial charge in [0.05, 0.1) is 0 Å². The molecule has 5 heteroatoms. The maximum atomic E-state index is 12.2. The number of carbonyl (C=O) groups is 1. The third kappa shape index (κ3) is 6.01. The Bertz CT molecular complexity index is 890. The van der Waals surface area contributed by atoms with Gasteiger partial charge in [0.15, 0.2) is 0 Å². The number of hydrogen-bond donors (Lipinski definition) is 2. The minimum Gasteiger partial charge on any atom is -0.489 e. The largest absolute Gasteiger partial charge is 0.489 e. The minimum atomic E-state index is -0.279. The lowest BCUT2D eigenvalue weighted by Crippen LogP contribution is -2.22. The van der Waals surface area contributed by atoms with Crippen molar-refractivity contribution < 1.29 is 9.53 Å². The number of ether oxygens (including phenoxy) is 1. The van der Waals surface area contributed by atoms with Gasteiger partial charge in [0.25, 0.3) is 0 Å². The van der Waals surface area contributed by atoms with E-state index in [4.69, 9.17) is 4.74 Å². The van der Waals surface area contributed by atoms with Crippen molar-refractivity contribution in [2.24, 2.45) is 0 Å². The number of rotatable bonds is 8. The molecule has 3 aromatic carbocycles. The highest BCUT2D eigenvalue weighted by Crippen LogP contribution is 2.19. The Hall–Kier alpha value is -3.47. The Kier molecular flexibility index (Phi) is 7.11. The minimum absolute atomic E-state index is 0.279. The van der Waals surface area contributed by atoms with Crippen molar-refractivity contribution in [2.75, 3.05) is 28.6 Å². The summed E-state index contributed by atoms with van der Waals surface area (Å²) in [5.41, 5.74) is 3.71. The van der Waals surface area contributed by atoms with Crippen molar-refractivity contribution in [3.63, 3.8) is 0 Å². The van der Waals surface area contributed by atoms with Crippen LogP contribution in [0.5, 0.6) is 5.75 Å². The number of nitrogens with one attached hydrogen (secondary N) is 2. The van der Waals surface area contributed by atoms with E-state index >= 15 is 0 Å². The lowest BCUT2D eigenvalue weighted by atomic mass is 10.2. The molecule has 29 heavy (non-hydrogen) atoms. The predicted octanol–water partition coefficient (Wildman–Crippen LogP) is 5.76. The Morgan fingerprint density at radius 1 is 0.793 bits per heavy atom. The number of urea groups is 1. The highest BCUT2D eigenvalue weighted by atomic mass is 16.5. The first-order chi connectivity index (χ1) is 14.2. The van der Waals surface area contributed by atoms with Crippen LogP contribution in [0.25, 0.3) is 0 Å². The van der Waals surface area contributed by atoms with E-state index in [1.165, 1.54) is 0 Å². The van der Waals surface area contributed by atoms with E-state index in [2.05, 4.69) is 29.4 Å². The third-order valence-electron chi connectivity index (χ3n) is 4.61. The first-order valence-corrected chi connectivity index (χ1v) is 9.87. The molecule has 2 N–H and O–H groups in total. The summed E-state index contributed by atoms with van der Waals surface area (Å²) in [5, 5.41) is 5.69. The molecule has 150 valence electrons. The number of carbonyl (C=O) groups excluding carboxylic acids is 1. The van der Waals surface area contributed by atoms with Crippen LogP contribution >= 0.6 is 0 Å². The molecule has 0 aliphatic rings. The van der Waals surface area contributed by atoms with Crippen molar-refractivity contribution in [1.82, 2.24) is 0 Å². The topological polar surface area (TPSA) is 53.6 Å². The van der Waals surface area contributed by atoms with Crippen LogP contribution in [0.4, 0.5) is 21.9 Å². The first-order valence-electron chi connectivity index (χ1n) is 9.87. The van der Waals surface area contributed by atoms with Crippen molar-refractivity contribution in [3.8, 4) is 5.75 Å². The van der Waals surface area contributed by atoms with Crippen molar-refractivity contribution >= 4 is 23.1 Å². The van der Waals surface area contributed by atoms with E-state index in [0.717, 1.165) is 35.8 Å². The predicted molar refractivity (Wildman–Crippen MR) is 120 cm³/mol. The zero-order valence-corrected chi connectivity index (χ0v) is 16.9. The number of benzene rings is 3. The molecule has 2 amide bonds. The van der Waals surface area contributed by atoms with E-state index in [-0.39, 0.29) is 6.03 Å². The van der Waals surface area contributed by atoms with Crippen LogP contribution in [-0.2, 0) is 6.61 Å². The molecule has 0 saturated heterocycles. The Balaban J connectivity index is 1.50. The van der Waals surface area contributed by atoms with Gasteiger partial charge in [-0.15, -0.1) is 0 Å². The summed E-state index contributed by atoms with van der Waals surface area (Å²) in [5.74, 6) is 0.756. The lowest BCUT2D eigenvalue weighted by molar-refractivity contribution is 0.262. The van der Waals surface area contributed by atoms with E-state index < -0.39 is 0 Å². The molecule has 0 saturated carbocycles. The molecule has 0 aromatic heterocycles. The molecule has 5 nitrogen and oxygen atoms in total. The maximum absolute atomic E-state index is 12.2. The van der Waals surface area contributed by atoms with Crippen molar-refractivity contribution in [2.45, 2.75) is 20.5 Å². The van der Waals surface area contributed by atoms with Crippen LogP contribution in [0.2, 0.25) is 0 Å². The zero-order chi connectivity index (χ0) is 20.5.